The lowest BCUT2D eigenvalue weighted by Crippen LogP contribution is -2.21. The summed E-state index contributed by atoms with van der Waals surface area (Å²) in [5.41, 5.74) is 0. The van der Waals surface area contributed by atoms with E-state index in [9.17, 15) is 5.11 Å². The lowest BCUT2D eigenvalue weighted by Gasteiger charge is -2.27. The molecule has 2 nitrogen and oxygen atoms in total. The van der Waals surface area contributed by atoms with E-state index in [-0.39, 0.29) is 6.10 Å². The van der Waals surface area contributed by atoms with E-state index in [0.29, 0.717) is 18.4 Å². The van der Waals surface area contributed by atoms with Crippen LogP contribution in [0.25, 0.3) is 0 Å². The van der Waals surface area contributed by atoms with Crippen molar-refractivity contribution in [1.82, 2.24) is 0 Å². The van der Waals surface area contributed by atoms with Crippen LogP contribution in [0.2, 0.25) is 0 Å². The molecule has 0 heterocycles. The van der Waals surface area contributed by atoms with Crippen LogP contribution in [0.5, 0.6) is 0 Å². The van der Waals surface area contributed by atoms with Crippen molar-refractivity contribution in [3.05, 3.63) is 0 Å². The Hall–Kier alpha value is -0.0800. The van der Waals surface area contributed by atoms with Gasteiger partial charge in [0, 0.05) is 6.61 Å². The van der Waals surface area contributed by atoms with E-state index in [1.165, 1.54) is 25.7 Å². The predicted molar refractivity (Wildman–Crippen MR) is 92.4 cm³/mol. The Morgan fingerprint density at radius 1 is 0.762 bits per heavy atom. The van der Waals surface area contributed by atoms with E-state index < -0.39 is 0 Å². The first-order valence-corrected chi connectivity index (χ1v) is 9.41. The molecule has 0 spiro atoms. The van der Waals surface area contributed by atoms with Gasteiger partial charge >= 0.3 is 0 Å². The Labute approximate surface area is 133 Å². The molecule has 0 bridgehead atoms. The summed E-state index contributed by atoms with van der Waals surface area (Å²) < 4.78 is 0. The first kappa shape index (κ1) is 20.9. The summed E-state index contributed by atoms with van der Waals surface area (Å²) in [6.07, 6.45) is 11.0. The van der Waals surface area contributed by atoms with Crippen molar-refractivity contribution in [1.29, 1.82) is 0 Å². The molecule has 0 aliphatic rings. The van der Waals surface area contributed by atoms with Crippen LogP contribution in [0.4, 0.5) is 0 Å². The Kier molecular flexibility index (Phi) is 13.5. The molecule has 0 aromatic heterocycles. The molecular weight excluding hydrogens is 260 g/mol. The zero-order chi connectivity index (χ0) is 16.1. The predicted octanol–water partition coefficient (Wildman–Crippen LogP) is 5.17. The van der Waals surface area contributed by atoms with Crippen molar-refractivity contribution < 1.29 is 10.2 Å². The standard InChI is InChI=1S/C19H40O2/c1-5-10-17(7-3)18(8-4)15-19(21)13-12-16(6-2)11-9-14-20/h16-21H,5-15H2,1-4H3. The Balaban J connectivity index is 4.15. The van der Waals surface area contributed by atoms with E-state index in [0.717, 1.165) is 44.4 Å². The largest absolute Gasteiger partial charge is 0.396 e. The third-order valence-electron chi connectivity index (χ3n) is 5.21. The molecule has 4 unspecified atom stereocenters. The highest BCUT2D eigenvalue weighted by Gasteiger charge is 2.21. The lowest BCUT2D eigenvalue weighted by atomic mass is 9.80. The van der Waals surface area contributed by atoms with Crippen LogP contribution in [-0.2, 0) is 0 Å². The second kappa shape index (κ2) is 13.6. The number of aliphatic hydroxyl groups excluding tert-OH is 2. The van der Waals surface area contributed by atoms with Crippen LogP contribution in [0, 0.1) is 17.8 Å². The topological polar surface area (TPSA) is 40.5 Å². The van der Waals surface area contributed by atoms with Gasteiger partial charge in [-0.15, -0.1) is 0 Å². The Bertz CT molecular complexity index is 218. The molecule has 0 aromatic carbocycles. The summed E-state index contributed by atoms with van der Waals surface area (Å²) in [4.78, 5) is 0. The van der Waals surface area contributed by atoms with Gasteiger partial charge in [0.15, 0.2) is 0 Å². The first-order valence-electron chi connectivity index (χ1n) is 9.41. The van der Waals surface area contributed by atoms with E-state index in [2.05, 4.69) is 27.7 Å². The minimum atomic E-state index is -0.135. The van der Waals surface area contributed by atoms with Gasteiger partial charge in [0.05, 0.1) is 6.10 Å². The molecule has 0 saturated heterocycles. The summed E-state index contributed by atoms with van der Waals surface area (Å²) in [6, 6.07) is 0. The van der Waals surface area contributed by atoms with Gasteiger partial charge < -0.3 is 10.2 Å². The van der Waals surface area contributed by atoms with Crippen LogP contribution >= 0.6 is 0 Å². The van der Waals surface area contributed by atoms with Crippen LogP contribution in [-0.4, -0.2) is 22.9 Å². The highest BCUT2D eigenvalue weighted by atomic mass is 16.3. The van der Waals surface area contributed by atoms with E-state index >= 15 is 0 Å². The normalized spacial score (nSPS) is 17.4. The molecule has 0 fully saturated rings. The van der Waals surface area contributed by atoms with Gasteiger partial charge in [0.25, 0.3) is 0 Å². The quantitative estimate of drug-likeness (QED) is 0.464. The van der Waals surface area contributed by atoms with Gasteiger partial charge in [-0.3, -0.25) is 0 Å². The maximum Gasteiger partial charge on any atom is 0.0543 e. The SMILES string of the molecule is CCCC(CC)C(CC)CC(O)CCC(CC)CCCO. The van der Waals surface area contributed by atoms with Crippen molar-refractivity contribution >= 4 is 0 Å². The number of hydrogen-bond acceptors (Lipinski definition) is 2. The molecule has 0 amide bonds. The maximum absolute atomic E-state index is 10.4. The van der Waals surface area contributed by atoms with Crippen LogP contribution in [0.1, 0.15) is 91.9 Å². The van der Waals surface area contributed by atoms with Gasteiger partial charge in [0.1, 0.15) is 0 Å². The fraction of sp³-hybridized carbons (Fsp3) is 1.00. The van der Waals surface area contributed by atoms with Gasteiger partial charge in [-0.2, -0.15) is 0 Å². The molecule has 4 atom stereocenters. The molecule has 2 heteroatoms. The van der Waals surface area contributed by atoms with Gasteiger partial charge in [0.2, 0.25) is 0 Å². The van der Waals surface area contributed by atoms with Gasteiger partial charge in [-0.1, -0.05) is 59.8 Å². The van der Waals surface area contributed by atoms with E-state index in [1.807, 2.05) is 0 Å². The first-order chi connectivity index (χ1) is 10.1. The summed E-state index contributed by atoms with van der Waals surface area (Å²) in [5.74, 6) is 2.14. The van der Waals surface area contributed by atoms with Crippen LogP contribution in [0.15, 0.2) is 0 Å². The average molecular weight is 301 g/mol. The van der Waals surface area contributed by atoms with Gasteiger partial charge in [-0.25, -0.2) is 0 Å². The van der Waals surface area contributed by atoms with Crippen molar-refractivity contribution in [2.75, 3.05) is 6.61 Å². The number of rotatable bonds is 14. The third kappa shape index (κ3) is 9.52. The van der Waals surface area contributed by atoms with Crippen molar-refractivity contribution in [2.45, 2.75) is 98.0 Å². The molecule has 0 saturated carbocycles. The highest BCUT2D eigenvalue weighted by molar-refractivity contribution is 4.73. The molecular formula is C19H40O2. The number of hydrogen-bond donors (Lipinski definition) is 2. The second-order valence-electron chi connectivity index (χ2n) is 6.73. The Morgan fingerprint density at radius 3 is 1.90 bits per heavy atom. The molecule has 0 aliphatic heterocycles. The Morgan fingerprint density at radius 2 is 1.43 bits per heavy atom. The monoisotopic (exact) mass is 300 g/mol. The molecule has 21 heavy (non-hydrogen) atoms. The number of aliphatic hydroxyl groups is 2. The van der Waals surface area contributed by atoms with Crippen molar-refractivity contribution in [2.24, 2.45) is 17.8 Å². The minimum Gasteiger partial charge on any atom is -0.396 e. The molecule has 0 radical (unpaired) electrons. The summed E-state index contributed by atoms with van der Waals surface area (Å²) >= 11 is 0. The van der Waals surface area contributed by atoms with Crippen LogP contribution in [0.3, 0.4) is 0 Å². The molecule has 0 rings (SSSR count). The van der Waals surface area contributed by atoms with Gasteiger partial charge in [-0.05, 0) is 49.9 Å². The maximum atomic E-state index is 10.4. The average Bonchev–Trinajstić information content (AvgIpc) is 2.50. The molecule has 0 aromatic rings. The minimum absolute atomic E-state index is 0.135. The summed E-state index contributed by atoms with van der Waals surface area (Å²) in [6.45, 7) is 9.34. The van der Waals surface area contributed by atoms with Crippen molar-refractivity contribution in [3.8, 4) is 0 Å². The van der Waals surface area contributed by atoms with Crippen molar-refractivity contribution in [3.63, 3.8) is 0 Å². The van der Waals surface area contributed by atoms with E-state index in [1.54, 1.807) is 0 Å². The fourth-order valence-electron chi connectivity index (χ4n) is 3.66. The summed E-state index contributed by atoms with van der Waals surface area (Å²) in [5, 5.41) is 19.3. The third-order valence-corrected chi connectivity index (χ3v) is 5.21. The second-order valence-corrected chi connectivity index (χ2v) is 6.73. The van der Waals surface area contributed by atoms with E-state index in [4.69, 9.17) is 5.11 Å². The lowest BCUT2D eigenvalue weighted by molar-refractivity contribution is 0.102. The van der Waals surface area contributed by atoms with Crippen LogP contribution < -0.4 is 0 Å². The fourth-order valence-corrected chi connectivity index (χ4v) is 3.66. The molecule has 0 aliphatic carbocycles. The molecule has 128 valence electrons. The smallest absolute Gasteiger partial charge is 0.0543 e. The zero-order valence-electron chi connectivity index (χ0n) is 15.0. The molecule has 2 N–H and O–H groups in total. The summed E-state index contributed by atoms with van der Waals surface area (Å²) in [7, 11) is 0. The zero-order valence-corrected chi connectivity index (χ0v) is 15.0. The highest BCUT2D eigenvalue weighted by Crippen LogP contribution is 2.30.